The maximum Gasteiger partial charge on any atom is 0.352 e. The quantitative estimate of drug-likeness (QED) is 0.592. The van der Waals surface area contributed by atoms with Crippen molar-refractivity contribution >= 4 is 33.4 Å². The second-order valence-corrected chi connectivity index (χ2v) is 4.02. The zero-order valence-electron chi connectivity index (χ0n) is 9.30. The summed E-state index contributed by atoms with van der Waals surface area (Å²) in [4.78, 5) is 11.7. The third kappa shape index (κ3) is 2.06. The largest absolute Gasteiger partial charge is 0.461 e. The molecule has 0 aliphatic rings. The molecule has 2 radical (unpaired) electrons. The molecule has 1 heterocycles. The van der Waals surface area contributed by atoms with Crippen LogP contribution >= 0.6 is 0 Å². The Labute approximate surface area is 107 Å². The molecule has 2 aromatic rings. The fraction of sp³-hybridized carbons (Fsp3) is 0.167. The van der Waals surface area contributed by atoms with Crippen LogP contribution in [0, 0.1) is 11.3 Å². The van der Waals surface area contributed by atoms with Crippen molar-refractivity contribution in [1.82, 2.24) is 3.55 Å². The molecule has 1 aromatic carbocycles. The molecular formula is C12H9AlN2O2. The number of benzene rings is 1. The van der Waals surface area contributed by atoms with E-state index in [1.54, 1.807) is 28.7 Å². The molecule has 0 saturated heterocycles. The monoisotopic (exact) mass is 240 g/mol. The number of hydrogen-bond donors (Lipinski definition) is 0. The SMILES string of the molecule is CCOC(=O)c1cc2ccc(C#N)cc2[n]1[Al]. The molecule has 2 rings (SSSR count). The fourth-order valence-corrected chi connectivity index (χ4v) is 2.06. The summed E-state index contributed by atoms with van der Waals surface area (Å²) in [5.41, 5.74) is 1.84. The summed E-state index contributed by atoms with van der Waals surface area (Å²) in [7, 11) is 0. The van der Waals surface area contributed by atoms with Gasteiger partial charge in [-0.05, 0) is 30.5 Å². The number of nitrogens with zero attached hydrogens (tertiary/aromatic N) is 2. The number of carbonyl (C=O) groups is 1. The van der Waals surface area contributed by atoms with Gasteiger partial charge in [-0.25, -0.2) is 4.79 Å². The predicted octanol–water partition coefficient (Wildman–Crippen LogP) is 1.62. The molecule has 0 atom stereocenters. The molecule has 17 heavy (non-hydrogen) atoms. The van der Waals surface area contributed by atoms with Gasteiger partial charge >= 0.3 is 22.5 Å². The Balaban J connectivity index is 2.57. The van der Waals surface area contributed by atoms with Crippen LogP contribution in [-0.2, 0) is 4.74 Å². The van der Waals surface area contributed by atoms with Gasteiger partial charge in [-0.15, -0.1) is 0 Å². The number of ether oxygens (including phenoxy) is 1. The van der Waals surface area contributed by atoms with Crippen molar-refractivity contribution in [3.8, 4) is 6.07 Å². The van der Waals surface area contributed by atoms with Crippen molar-refractivity contribution in [2.45, 2.75) is 6.92 Å². The number of esters is 1. The van der Waals surface area contributed by atoms with Gasteiger partial charge in [-0.3, -0.25) is 0 Å². The smallest absolute Gasteiger partial charge is 0.352 e. The highest BCUT2D eigenvalue weighted by atomic mass is 27.1. The molecule has 0 N–H and O–H groups in total. The van der Waals surface area contributed by atoms with Crippen molar-refractivity contribution in [3.05, 3.63) is 35.5 Å². The van der Waals surface area contributed by atoms with E-state index in [-0.39, 0.29) is 5.97 Å². The van der Waals surface area contributed by atoms with Crippen LogP contribution in [0.15, 0.2) is 24.3 Å². The van der Waals surface area contributed by atoms with E-state index in [0.29, 0.717) is 17.9 Å². The summed E-state index contributed by atoms with van der Waals surface area (Å²) in [5, 5.41) is 9.74. The Kier molecular flexibility index (Phi) is 3.19. The average molecular weight is 240 g/mol. The van der Waals surface area contributed by atoms with Gasteiger partial charge in [0.2, 0.25) is 0 Å². The zero-order valence-corrected chi connectivity index (χ0v) is 10.5. The highest BCUT2D eigenvalue weighted by Crippen LogP contribution is 2.20. The van der Waals surface area contributed by atoms with E-state index in [1.807, 2.05) is 6.07 Å². The third-order valence-electron chi connectivity index (χ3n) is 2.46. The van der Waals surface area contributed by atoms with Crippen molar-refractivity contribution in [2.24, 2.45) is 0 Å². The first-order chi connectivity index (χ1) is 8.17. The number of hydrogen-bond acceptors (Lipinski definition) is 3. The van der Waals surface area contributed by atoms with Crippen LogP contribution in [0.3, 0.4) is 0 Å². The molecule has 0 aliphatic carbocycles. The average Bonchev–Trinajstić information content (AvgIpc) is 2.67. The molecule has 0 aliphatic heterocycles. The molecule has 0 bridgehead atoms. The van der Waals surface area contributed by atoms with E-state index in [9.17, 15) is 4.79 Å². The number of nitriles is 1. The first kappa shape index (κ1) is 11.7. The Morgan fingerprint density at radius 2 is 2.29 bits per heavy atom. The van der Waals surface area contributed by atoms with Crippen molar-refractivity contribution in [1.29, 1.82) is 5.26 Å². The molecule has 4 nitrogen and oxygen atoms in total. The van der Waals surface area contributed by atoms with Crippen LogP contribution in [0.4, 0.5) is 0 Å². The molecule has 0 amide bonds. The van der Waals surface area contributed by atoms with Crippen LogP contribution in [0.5, 0.6) is 0 Å². The number of carbonyl (C=O) groups excluding carboxylic acids is 1. The second kappa shape index (κ2) is 4.63. The van der Waals surface area contributed by atoms with Gasteiger partial charge in [0.05, 0.1) is 18.2 Å². The lowest BCUT2D eigenvalue weighted by molar-refractivity contribution is 0.0519. The lowest BCUT2D eigenvalue weighted by Gasteiger charge is -2.05. The minimum atomic E-state index is -0.364. The Hall–Kier alpha value is -1.75. The second-order valence-electron chi connectivity index (χ2n) is 3.51. The molecule has 1 aromatic heterocycles. The lowest BCUT2D eigenvalue weighted by Crippen LogP contribution is -2.10. The van der Waals surface area contributed by atoms with Gasteiger partial charge in [0, 0.05) is 5.52 Å². The summed E-state index contributed by atoms with van der Waals surface area (Å²) >= 11 is 2.46. The maximum absolute atomic E-state index is 11.7. The summed E-state index contributed by atoms with van der Waals surface area (Å²) in [6.07, 6.45) is 0. The van der Waals surface area contributed by atoms with Gasteiger partial charge in [0.1, 0.15) is 5.69 Å². The minimum absolute atomic E-state index is 0.342. The van der Waals surface area contributed by atoms with E-state index in [0.717, 1.165) is 10.9 Å². The molecule has 82 valence electrons. The van der Waals surface area contributed by atoms with Gasteiger partial charge in [-0.2, -0.15) is 5.26 Å². The summed E-state index contributed by atoms with van der Waals surface area (Å²) < 4.78 is 6.62. The van der Waals surface area contributed by atoms with Crippen LogP contribution in [-0.4, -0.2) is 32.6 Å². The molecule has 0 saturated carbocycles. The van der Waals surface area contributed by atoms with Crippen LogP contribution < -0.4 is 0 Å². The summed E-state index contributed by atoms with van der Waals surface area (Å²) in [6, 6.07) is 9.10. The zero-order chi connectivity index (χ0) is 12.4. The first-order valence-electron chi connectivity index (χ1n) is 5.15. The van der Waals surface area contributed by atoms with Gasteiger partial charge in [0.25, 0.3) is 0 Å². The topological polar surface area (TPSA) is 55.0 Å². The van der Waals surface area contributed by atoms with Crippen LogP contribution in [0.1, 0.15) is 23.0 Å². The van der Waals surface area contributed by atoms with E-state index in [2.05, 4.69) is 22.6 Å². The van der Waals surface area contributed by atoms with Crippen molar-refractivity contribution < 1.29 is 9.53 Å². The number of fused-ring (bicyclic) bond motifs is 1. The van der Waals surface area contributed by atoms with E-state index in [4.69, 9.17) is 10.00 Å². The fourth-order valence-electron chi connectivity index (χ4n) is 1.65. The number of rotatable bonds is 2. The van der Waals surface area contributed by atoms with E-state index < -0.39 is 0 Å². The van der Waals surface area contributed by atoms with Crippen LogP contribution in [0.25, 0.3) is 10.9 Å². The third-order valence-corrected chi connectivity index (χ3v) is 3.01. The minimum Gasteiger partial charge on any atom is -0.461 e. The summed E-state index contributed by atoms with van der Waals surface area (Å²) in [6.45, 7) is 2.11. The standard InChI is InChI=1S/C12H10N2O2.Al/c1-2-16-12(15)11-6-9-4-3-8(7-13)5-10(9)14-11;/h3-6H,2H2,1H3,(H,14,15);/q;+1/p-1. The highest BCUT2D eigenvalue weighted by molar-refractivity contribution is 6.15. The highest BCUT2D eigenvalue weighted by Gasteiger charge is 2.13. The van der Waals surface area contributed by atoms with Gasteiger partial charge in [-0.1, -0.05) is 6.07 Å². The van der Waals surface area contributed by atoms with E-state index in [1.165, 1.54) is 0 Å². The molecular weight excluding hydrogens is 231 g/mol. The Bertz CT molecular complexity index is 625. The molecule has 0 spiro atoms. The molecule has 0 unspecified atom stereocenters. The Morgan fingerprint density at radius 1 is 1.53 bits per heavy atom. The maximum atomic E-state index is 11.7. The molecule has 0 fully saturated rings. The van der Waals surface area contributed by atoms with Gasteiger partial charge in [0.15, 0.2) is 0 Å². The van der Waals surface area contributed by atoms with Crippen LogP contribution in [0.2, 0.25) is 0 Å². The van der Waals surface area contributed by atoms with E-state index >= 15 is 0 Å². The lowest BCUT2D eigenvalue weighted by atomic mass is 10.2. The molecule has 5 heteroatoms. The first-order valence-corrected chi connectivity index (χ1v) is 5.66. The predicted molar refractivity (Wildman–Crippen MR) is 63.8 cm³/mol. The normalized spacial score (nSPS) is 10.1. The number of aromatic nitrogens is 1. The summed E-state index contributed by atoms with van der Waals surface area (Å²) in [5.74, 6) is -0.364. The van der Waals surface area contributed by atoms with Gasteiger partial charge < -0.3 is 8.29 Å². The Morgan fingerprint density at radius 3 is 2.94 bits per heavy atom. The van der Waals surface area contributed by atoms with Crippen molar-refractivity contribution in [2.75, 3.05) is 6.61 Å². The van der Waals surface area contributed by atoms with Crippen molar-refractivity contribution in [3.63, 3.8) is 0 Å².